The van der Waals surface area contributed by atoms with Crippen LogP contribution in [0, 0.1) is 0 Å². The van der Waals surface area contributed by atoms with E-state index < -0.39 is 0 Å². The summed E-state index contributed by atoms with van der Waals surface area (Å²) in [5, 5.41) is 10.9. The predicted octanol–water partition coefficient (Wildman–Crippen LogP) is 2.04. The fraction of sp³-hybridized carbons (Fsp3) is 0.375. The van der Waals surface area contributed by atoms with E-state index in [1.165, 1.54) is 0 Å². The quantitative estimate of drug-likeness (QED) is 0.847. The molecule has 0 spiro atoms. The third-order valence-corrected chi connectivity index (χ3v) is 3.28. The molecule has 0 aliphatic heterocycles. The first kappa shape index (κ1) is 15.9. The number of unbranched alkanes of at least 4 members (excludes halogenated alkanes) is 1. The number of carbonyl (C=O) groups excluding carboxylic acids is 1. The molecule has 0 fully saturated rings. The monoisotopic (exact) mass is 299 g/mol. The molecule has 1 amide bonds. The fourth-order valence-corrected chi connectivity index (χ4v) is 1.92. The van der Waals surface area contributed by atoms with Gasteiger partial charge in [0, 0.05) is 19.8 Å². The van der Waals surface area contributed by atoms with Gasteiger partial charge in [-0.2, -0.15) is 0 Å². The first-order valence-electron chi connectivity index (χ1n) is 7.43. The molecule has 0 unspecified atom stereocenters. The summed E-state index contributed by atoms with van der Waals surface area (Å²) in [6, 6.07) is 9.09. The molecule has 22 heavy (non-hydrogen) atoms. The number of pyridine rings is 1. The Morgan fingerprint density at radius 3 is 2.73 bits per heavy atom. The highest BCUT2D eigenvalue weighted by Crippen LogP contribution is 2.08. The average Bonchev–Trinajstić information content (AvgIpc) is 2.58. The lowest BCUT2D eigenvalue weighted by molar-refractivity contribution is 0.0944. The molecule has 2 aromatic heterocycles. The van der Waals surface area contributed by atoms with Crippen molar-refractivity contribution >= 4 is 11.7 Å². The zero-order chi connectivity index (χ0) is 15.8. The third-order valence-electron chi connectivity index (χ3n) is 3.28. The van der Waals surface area contributed by atoms with Gasteiger partial charge in [0.15, 0.2) is 11.5 Å². The molecule has 0 radical (unpaired) electrons. The van der Waals surface area contributed by atoms with Gasteiger partial charge in [-0.25, -0.2) is 0 Å². The van der Waals surface area contributed by atoms with E-state index in [9.17, 15) is 4.79 Å². The van der Waals surface area contributed by atoms with Crippen LogP contribution >= 0.6 is 0 Å². The second-order valence-electron chi connectivity index (χ2n) is 5.06. The van der Waals surface area contributed by atoms with Gasteiger partial charge >= 0.3 is 0 Å². The number of anilines is 1. The van der Waals surface area contributed by atoms with Crippen molar-refractivity contribution in [2.24, 2.45) is 0 Å². The number of hydrogen-bond acceptors (Lipinski definition) is 5. The Balaban J connectivity index is 1.90. The standard InChI is InChI=1S/C16H21N5O/c1-3-4-11-21(2)15-9-8-14(19-20-15)16(22)18-12-13-7-5-6-10-17-13/h5-10H,3-4,11-12H2,1-2H3,(H,18,22). The molecule has 2 aromatic rings. The molecule has 6 heteroatoms. The summed E-state index contributed by atoms with van der Waals surface area (Å²) < 4.78 is 0. The van der Waals surface area contributed by atoms with Crippen LogP contribution in [0.3, 0.4) is 0 Å². The first-order valence-corrected chi connectivity index (χ1v) is 7.43. The van der Waals surface area contributed by atoms with Crippen LogP contribution < -0.4 is 10.2 Å². The van der Waals surface area contributed by atoms with Crippen molar-refractivity contribution in [2.75, 3.05) is 18.5 Å². The van der Waals surface area contributed by atoms with Crippen LogP contribution in [-0.4, -0.2) is 34.7 Å². The second-order valence-corrected chi connectivity index (χ2v) is 5.06. The Kier molecular flexibility index (Phi) is 5.82. The average molecular weight is 299 g/mol. The topological polar surface area (TPSA) is 71.0 Å². The maximum atomic E-state index is 12.0. The van der Waals surface area contributed by atoms with Crippen LogP contribution in [0.1, 0.15) is 35.9 Å². The number of amides is 1. The molecular formula is C16H21N5O. The van der Waals surface area contributed by atoms with Crippen LogP contribution in [0.25, 0.3) is 0 Å². The minimum atomic E-state index is -0.249. The molecular weight excluding hydrogens is 278 g/mol. The van der Waals surface area contributed by atoms with E-state index in [4.69, 9.17) is 0 Å². The van der Waals surface area contributed by atoms with Gasteiger partial charge in [0.05, 0.1) is 12.2 Å². The van der Waals surface area contributed by atoms with Gasteiger partial charge in [-0.15, -0.1) is 10.2 Å². The van der Waals surface area contributed by atoms with Crippen LogP contribution in [0.5, 0.6) is 0 Å². The number of carbonyl (C=O) groups is 1. The molecule has 0 bridgehead atoms. The lowest BCUT2D eigenvalue weighted by Crippen LogP contribution is -2.25. The van der Waals surface area contributed by atoms with Crippen molar-refractivity contribution in [3.63, 3.8) is 0 Å². The normalized spacial score (nSPS) is 10.3. The summed E-state index contributed by atoms with van der Waals surface area (Å²) >= 11 is 0. The van der Waals surface area contributed by atoms with Crippen molar-refractivity contribution in [2.45, 2.75) is 26.3 Å². The Hall–Kier alpha value is -2.50. The zero-order valence-electron chi connectivity index (χ0n) is 13.0. The summed E-state index contributed by atoms with van der Waals surface area (Å²) in [5.41, 5.74) is 1.11. The van der Waals surface area contributed by atoms with Crippen LogP contribution in [-0.2, 0) is 6.54 Å². The smallest absolute Gasteiger partial charge is 0.272 e. The molecule has 116 valence electrons. The van der Waals surface area contributed by atoms with Crippen molar-refractivity contribution in [1.82, 2.24) is 20.5 Å². The second kappa shape index (κ2) is 8.07. The maximum absolute atomic E-state index is 12.0. The zero-order valence-corrected chi connectivity index (χ0v) is 13.0. The molecule has 6 nitrogen and oxygen atoms in total. The Morgan fingerprint density at radius 2 is 2.09 bits per heavy atom. The number of nitrogens with one attached hydrogen (secondary N) is 1. The highest BCUT2D eigenvalue weighted by molar-refractivity contribution is 5.92. The lowest BCUT2D eigenvalue weighted by atomic mass is 10.3. The van der Waals surface area contributed by atoms with Gasteiger partial charge in [-0.1, -0.05) is 19.4 Å². The van der Waals surface area contributed by atoms with Crippen molar-refractivity contribution < 1.29 is 4.79 Å². The van der Waals surface area contributed by atoms with E-state index in [2.05, 4.69) is 27.4 Å². The van der Waals surface area contributed by atoms with E-state index in [1.54, 1.807) is 12.3 Å². The van der Waals surface area contributed by atoms with Gasteiger partial charge in [0.1, 0.15) is 0 Å². The third kappa shape index (κ3) is 4.51. The highest BCUT2D eigenvalue weighted by atomic mass is 16.1. The molecule has 2 heterocycles. The Bertz CT molecular complexity index is 585. The molecule has 0 saturated heterocycles. The summed E-state index contributed by atoms with van der Waals surface area (Å²) in [6.07, 6.45) is 3.93. The van der Waals surface area contributed by atoms with E-state index in [0.29, 0.717) is 12.2 Å². The summed E-state index contributed by atoms with van der Waals surface area (Å²) in [6.45, 7) is 3.45. The molecule has 0 atom stereocenters. The predicted molar refractivity (Wildman–Crippen MR) is 85.6 cm³/mol. The van der Waals surface area contributed by atoms with Gasteiger partial charge in [-0.05, 0) is 30.7 Å². The summed E-state index contributed by atoms with van der Waals surface area (Å²) in [7, 11) is 1.97. The van der Waals surface area contributed by atoms with Gasteiger partial charge < -0.3 is 10.2 Å². The number of nitrogens with zero attached hydrogens (tertiary/aromatic N) is 4. The molecule has 1 N–H and O–H groups in total. The van der Waals surface area contributed by atoms with E-state index in [-0.39, 0.29) is 5.91 Å². The van der Waals surface area contributed by atoms with Crippen molar-refractivity contribution in [3.05, 3.63) is 47.9 Å². The molecule has 2 rings (SSSR count). The van der Waals surface area contributed by atoms with Gasteiger partial charge in [0.25, 0.3) is 5.91 Å². The van der Waals surface area contributed by atoms with Crippen LogP contribution in [0.15, 0.2) is 36.5 Å². The van der Waals surface area contributed by atoms with Crippen molar-refractivity contribution in [3.8, 4) is 0 Å². The van der Waals surface area contributed by atoms with Crippen LogP contribution in [0.4, 0.5) is 5.82 Å². The first-order chi connectivity index (χ1) is 10.7. The van der Waals surface area contributed by atoms with Crippen molar-refractivity contribution in [1.29, 1.82) is 0 Å². The van der Waals surface area contributed by atoms with Gasteiger partial charge in [0.2, 0.25) is 0 Å². The minimum Gasteiger partial charge on any atom is -0.358 e. The fourth-order valence-electron chi connectivity index (χ4n) is 1.92. The molecule has 0 aliphatic rings. The number of aromatic nitrogens is 3. The van der Waals surface area contributed by atoms with E-state index >= 15 is 0 Å². The Morgan fingerprint density at radius 1 is 1.23 bits per heavy atom. The molecule has 0 saturated carbocycles. The summed E-state index contributed by atoms with van der Waals surface area (Å²) in [5.74, 6) is 0.524. The van der Waals surface area contributed by atoms with E-state index in [1.807, 2.05) is 36.2 Å². The summed E-state index contributed by atoms with van der Waals surface area (Å²) in [4.78, 5) is 18.2. The lowest BCUT2D eigenvalue weighted by Gasteiger charge is -2.16. The SMILES string of the molecule is CCCCN(C)c1ccc(C(=O)NCc2ccccn2)nn1. The largest absolute Gasteiger partial charge is 0.358 e. The number of hydrogen-bond donors (Lipinski definition) is 1. The molecule has 0 aliphatic carbocycles. The minimum absolute atomic E-state index is 0.249. The molecule has 0 aromatic carbocycles. The maximum Gasteiger partial charge on any atom is 0.272 e. The van der Waals surface area contributed by atoms with Gasteiger partial charge in [-0.3, -0.25) is 9.78 Å². The van der Waals surface area contributed by atoms with Crippen LogP contribution in [0.2, 0.25) is 0 Å². The highest BCUT2D eigenvalue weighted by Gasteiger charge is 2.09. The number of rotatable bonds is 7. The van der Waals surface area contributed by atoms with E-state index in [0.717, 1.165) is 30.9 Å². The Labute approximate surface area is 130 Å².